The molecule has 1 amide bonds. The van der Waals surface area contributed by atoms with E-state index in [0.29, 0.717) is 6.04 Å². The van der Waals surface area contributed by atoms with Crippen LogP contribution >= 0.6 is 0 Å². The van der Waals surface area contributed by atoms with Crippen LogP contribution in [0.1, 0.15) is 32.6 Å². The molecular formula is C10H20N2O2. The van der Waals surface area contributed by atoms with E-state index < -0.39 is 6.10 Å². The molecule has 0 spiro atoms. The van der Waals surface area contributed by atoms with Crippen LogP contribution < -0.4 is 10.6 Å². The number of likely N-dealkylation sites (N-methyl/N-ethyl adjacent to an activating group) is 1. The largest absolute Gasteiger partial charge is 0.382 e. The van der Waals surface area contributed by atoms with Crippen LogP contribution in [0.15, 0.2) is 0 Å². The number of carbonyl (C=O) groups excluding carboxylic acids is 1. The van der Waals surface area contributed by atoms with E-state index in [1.54, 1.807) is 7.05 Å². The Morgan fingerprint density at radius 3 is 2.64 bits per heavy atom. The summed E-state index contributed by atoms with van der Waals surface area (Å²) in [5, 5.41) is 15.5. The smallest absolute Gasteiger partial charge is 0.250 e. The number of rotatable bonds is 6. The Kier molecular flexibility index (Phi) is 4.35. The van der Waals surface area contributed by atoms with Crippen molar-refractivity contribution in [1.82, 2.24) is 10.6 Å². The number of aliphatic hydroxyl groups is 1. The number of carbonyl (C=O) groups is 1. The van der Waals surface area contributed by atoms with Crippen LogP contribution in [0.5, 0.6) is 0 Å². The molecule has 1 saturated carbocycles. The lowest BCUT2D eigenvalue weighted by Gasteiger charge is -2.21. The van der Waals surface area contributed by atoms with E-state index in [1.807, 2.05) is 6.92 Å². The molecule has 0 aromatic carbocycles. The molecule has 2 atom stereocenters. The molecule has 0 aromatic rings. The monoisotopic (exact) mass is 200 g/mol. The summed E-state index contributed by atoms with van der Waals surface area (Å²) in [6.07, 6.45) is 2.96. The summed E-state index contributed by atoms with van der Waals surface area (Å²) in [4.78, 5) is 11.5. The highest BCUT2D eigenvalue weighted by molar-refractivity contribution is 5.81. The molecule has 1 unspecified atom stereocenters. The number of amides is 1. The molecule has 1 rings (SSSR count). The maximum absolute atomic E-state index is 11.5. The lowest BCUT2D eigenvalue weighted by molar-refractivity contribution is -0.131. The first kappa shape index (κ1) is 11.5. The van der Waals surface area contributed by atoms with Crippen LogP contribution in [-0.2, 0) is 4.79 Å². The Hall–Kier alpha value is -0.610. The van der Waals surface area contributed by atoms with Crippen LogP contribution in [0.4, 0.5) is 0 Å². The van der Waals surface area contributed by atoms with Gasteiger partial charge in [0, 0.05) is 12.1 Å². The molecule has 0 saturated heterocycles. The van der Waals surface area contributed by atoms with Gasteiger partial charge in [-0.2, -0.15) is 0 Å². The standard InChI is InChI=1S/C10H20N2O2/c1-3-4-8(11-2)9(13)10(14)12-7-5-6-7/h7-9,11,13H,3-6H2,1-2H3,(H,12,14)/t8-,9?/m0/s1. The van der Waals surface area contributed by atoms with Gasteiger partial charge in [0.15, 0.2) is 0 Å². The predicted molar refractivity (Wildman–Crippen MR) is 54.9 cm³/mol. The average molecular weight is 200 g/mol. The minimum Gasteiger partial charge on any atom is -0.382 e. The van der Waals surface area contributed by atoms with Gasteiger partial charge in [-0.25, -0.2) is 0 Å². The van der Waals surface area contributed by atoms with Crippen LogP contribution in [0.25, 0.3) is 0 Å². The summed E-state index contributed by atoms with van der Waals surface area (Å²) < 4.78 is 0. The van der Waals surface area contributed by atoms with E-state index in [2.05, 4.69) is 10.6 Å². The van der Waals surface area contributed by atoms with Gasteiger partial charge in [-0.15, -0.1) is 0 Å². The Morgan fingerprint density at radius 1 is 1.57 bits per heavy atom. The van der Waals surface area contributed by atoms with Crippen molar-refractivity contribution in [2.75, 3.05) is 7.05 Å². The summed E-state index contributed by atoms with van der Waals surface area (Å²) in [6, 6.07) is 0.190. The van der Waals surface area contributed by atoms with E-state index >= 15 is 0 Å². The van der Waals surface area contributed by atoms with Gasteiger partial charge in [0.25, 0.3) is 5.91 Å². The second kappa shape index (κ2) is 5.32. The minimum atomic E-state index is -0.916. The second-order valence-electron chi connectivity index (χ2n) is 3.91. The highest BCUT2D eigenvalue weighted by Gasteiger charge is 2.29. The molecule has 82 valence electrons. The van der Waals surface area contributed by atoms with Gasteiger partial charge in [0.1, 0.15) is 6.10 Å². The van der Waals surface area contributed by atoms with Gasteiger partial charge in [-0.3, -0.25) is 4.79 Å². The molecule has 0 bridgehead atoms. The van der Waals surface area contributed by atoms with Crippen molar-refractivity contribution in [3.8, 4) is 0 Å². The number of nitrogens with one attached hydrogen (secondary N) is 2. The SMILES string of the molecule is CCC[C@H](NC)C(O)C(=O)NC1CC1. The fraction of sp³-hybridized carbons (Fsp3) is 0.900. The Morgan fingerprint density at radius 2 is 2.21 bits per heavy atom. The maximum atomic E-state index is 11.5. The minimum absolute atomic E-state index is 0.126. The van der Waals surface area contributed by atoms with E-state index in [4.69, 9.17) is 0 Å². The maximum Gasteiger partial charge on any atom is 0.250 e. The number of hydrogen-bond acceptors (Lipinski definition) is 3. The first-order chi connectivity index (χ1) is 6.69. The lowest BCUT2D eigenvalue weighted by Crippen LogP contribution is -2.48. The van der Waals surface area contributed by atoms with Crippen molar-refractivity contribution in [2.24, 2.45) is 0 Å². The third-order valence-corrected chi connectivity index (χ3v) is 2.54. The van der Waals surface area contributed by atoms with Crippen LogP contribution in [-0.4, -0.2) is 36.2 Å². The van der Waals surface area contributed by atoms with Crippen molar-refractivity contribution >= 4 is 5.91 Å². The number of hydrogen-bond donors (Lipinski definition) is 3. The van der Waals surface area contributed by atoms with Crippen LogP contribution in [0.2, 0.25) is 0 Å². The van der Waals surface area contributed by atoms with Crippen molar-refractivity contribution < 1.29 is 9.90 Å². The second-order valence-corrected chi connectivity index (χ2v) is 3.91. The van der Waals surface area contributed by atoms with Crippen LogP contribution in [0.3, 0.4) is 0 Å². The molecule has 0 aliphatic heterocycles. The Labute approximate surface area is 85.1 Å². The zero-order valence-corrected chi connectivity index (χ0v) is 8.92. The van der Waals surface area contributed by atoms with Crippen molar-refractivity contribution in [3.05, 3.63) is 0 Å². The third kappa shape index (κ3) is 3.27. The normalized spacial score (nSPS) is 20.2. The van der Waals surface area contributed by atoms with Crippen molar-refractivity contribution in [1.29, 1.82) is 0 Å². The summed E-state index contributed by atoms with van der Waals surface area (Å²) in [5.41, 5.74) is 0. The summed E-state index contributed by atoms with van der Waals surface area (Å²) in [5.74, 6) is -0.236. The molecule has 4 heteroatoms. The Bertz CT molecular complexity index is 193. The van der Waals surface area contributed by atoms with Gasteiger partial charge in [-0.1, -0.05) is 13.3 Å². The molecule has 0 radical (unpaired) electrons. The molecule has 0 aromatic heterocycles. The fourth-order valence-electron chi connectivity index (χ4n) is 1.47. The van der Waals surface area contributed by atoms with E-state index in [0.717, 1.165) is 25.7 Å². The first-order valence-electron chi connectivity index (χ1n) is 5.34. The molecule has 0 heterocycles. The van der Waals surface area contributed by atoms with Gasteiger partial charge in [-0.05, 0) is 26.3 Å². The molecule has 14 heavy (non-hydrogen) atoms. The highest BCUT2D eigenvalue weighted by atomic mass is 16.3. The molecule has 4 nitrogen and oxygen atoms in total. The van der Waals surface area contributed by atoms with Crippen LogP contribution in [0, 0.1) is 0 Å². The molecule has 1 aliphatic carbocycles. The van der Waals surface area contributed by atoms with E-state index in [1.165, 1.54) is 0 Å². The zero-order chi connectivity index (χ0) is 10.6. The van der Waals surface area contributed by atoms with E-state index in [9.17, 15) is 9.90 Å². The number of aliphatic hydroxyl groups excluding tert-OH is 1. The highest BCUT2D eigenvalue weighted by Crippen LogP contribution is 2.19. The first-order valence-corrected chi connectivity index (χ1v) is 5.34. The summed E-state index contributed by atoms with van der Waals surface area (Å²) in [6.45, 7) is 2.04. The Balaban J connectivity index is 2.34. The van der Waals surface area contributed by atoms with E-state index in [-0.39, 0.29) is 11.9 Å². The molecule has 1 fully saturated rings. The lowest BCUT2D eigenvalue weighted by atomic mass is 10.1. The summed E-state index contributed by atoms with van der Waals surface area (Å²) >= 11 is 0. The molecule has 3 N–H and O–H groups in total. The topological polar surface area (TPSA) is 61.4 Å². The van der Waals surface area contributed by atoms with Gasteiger partial charge in [0.05, 0.1) is 0 Å². The summed E-state index contributed by atoms with van der Waals surface area (Å²) in [7, 11) is 1.77. The zero-order valence-electron chi connectivity index (χ0n) is 8.92. The molecular weight excluding hydrogens is 180 g/mol. The van der Waals surface area contributed by atoms with Crippen molar-refractivity contribution in [2.45, 2.75) is 50.8 Å². The van der Waals surface area contributed by atoms with Gasteiger partial charge >= 0.3 is 0 Å². The molecule has 1 aliphatic rings. The van der Waals surface area contributed by atoms with Crippen molar-refractivity contribution in [3.63, 3.8) is 0 Å². The predicted octanol–water partition coefficient (Wildman–Crippen LogP) is 0.0140. The average Bonchev–Trinajstić information content (AvgIpc) is 2.96. The van der Waals surface area contributed by atoms with Gasteiger partial charge < -0.3 is 15.7 Å². The quantitative estimate of drug-likeness (QED) is 0.566. The third-order valence-electron chi connectivity index (χ3n) is 2.54. The van der Waals surface area contributed by atoms with Gasteiger partial charge in [0.2, 0.25) is 0 Å². The fourth-order valence-corrected chi connectivity index (χ4v) is 1.47.